The summed E-state index contributed by atoms with van der Waals surface area (Å²) in [6.45, 7) is 0. The summed E-state index contributed by atoms with van der Waals surface area (Å²) in [5, 5.41) is 6.67. The molecule has 8 aromatic carbocycles. The Labute approximate surface area is 326 Å². The fourth-order valence-electron chi connectivity index (χ4n) is 8.64. The molecule has 0 bridgehead atoms. The molecule has 0 N–H and O–H groups in total. The van der Waals surface area contributed by atoms with Gasteiger partial charge in [0.15, 0.2) is 5.82 Å². The van der Waals surface area contributed by atoms with Crippen molar-refractivity contribution < 1.29 is 8.83 Å². The van der Waals surface area contributed by atoms with Crippen LogP contribution in [0.25, 0.3) is 116 Å². The molecule has 12 aromatic rings. The van der Waals surface area contributed by atoms with E-state index in [2.05, 4.69) is 144 Å². The summed E-state index contributed by atoms with van der Waals surface area (Å²) >= 11 is 0. The molecule has 0 saturated carbocycles. The summed E-state index contributed by atoms with van der Waals surface area (Å²) < 4.78 is 15.3. The Bertz CT molecular complexity index is 3520. The number of fused-ring (bicyclic) bond motifs is 9. The molecule has 4 heterocycles. The van der Waals surface area contributed by atoms with E-state index in [9.17, 15) is 0 Å². The summed E-state index contributed by atoms with van der Waals surface area (Å²) in [5.41, 5.74) is 13.6. The average Bonchev–Trinajstić information content (AvgIpc) is 3.96. The van der Waals surface area contributed by atoms with Gasteiger partial charge >= 0.3 is 0 Å². The first kappa shape index (κ1) is 31.6. The first-order valence-corrected chi connectivity index (χ1v) is 19.1. The highest BCUT2D eigenvalue weighted by Crippen LogP contribution is 2.43. The maximum Gasteiger partial charge on any atom is 0.160 e. The largest absolute Gasteiger partial charge is 0.456 e. The standard InChI is InChI=1S/C52H31N3O2/c1-3-13-32(14-4-1)52-53-43(34-25-27-39-38-18-8-10-23-46(38)57-49(39)30-34)31-44(54-52)41-21-12-24-48-50(41)42-29-33(26-28-47(42)56-48)36-19-11-20-40-37-17-7-9-22-45(37)55(51(36)40)35-15-5-2-6-16-35/h1-31H. The molecule has 266 valence electrons. The lowest BCUT2D eigenvalue weighted by molar-refractivity contribution is 0.668. The van der Waals surface area contributed by atoms with Crippen molar-refractivity contribution in [2.75, 3.05) is 0 Å². The second-order valence-electron chi connectivity index (χ2n) is 14.5. The van der Waals surface area contributed by atoms with E-state index >= 15 is 0 Å². The molecular weight excluding hydrogens is 699 g/mol. The minimum Gasteiger partial charge on any atom is -0.456 e. The second kappa shape index (κ2) is 12.4. The fourth-order valence-corrected chi connectivity index (χ4v) is 8.64. The van der Waals surface area contributed by atoms with Gasteiger partial charge in [0, 0.05) is 60.3 Å². The number of aromatic nitrogens is 3. The molecule has 0 amide bonds. The van der Waals surface area contributed by atoms with Gasteiger partial charge in [0.05, 0.1) is 22.4 Å². The predicted octanol–water partition coefficient (Wildman–Crippen LogP) is 14.0. The van der Waals surface area contributed by atoms with E-state index in [4.69, 9.17) is 18.8 Å². The number of rotatable bonds is 5. The molecule has 0 saturated heterocycles. The lowest BCUT2D eigenvalue weighted by Crippen LogP contribution is -1.96. The Morgan fingerprint density at radius 2 is 1.02 bits per heavy atom. The summed E-state index contributed by atoms with van der Waals surface area (Å²) in [7, 11) is 0. The Balaban J connectivity index is 1.08. The topological polar surface area (TPSA) is 57.0 Å². The van der Waals surface area contributed by atoms with Gasteiger partial charge in [-0.2, -0.15) is 0 Å². The van der Waals surface area contributed by atoms with Crippen molar-refractivity contribution in [1.82, 2.24) is 14.5 Å². The monoisotopic (exact) mass is 729 g/mol. The van der Waals surface area contributed by atoms with E-state index in [-0.39, 0.29) is 0 Å². The first-order chi connectivity index (χ1) is 28.2. The zero-order valence-corrected chi connectivity index (χ0v) is 30.6. The second-order valence-corrected chi connectivity index (χ2v) is 14.5. The van der Waals surface area contributed by atoms with Crippen LogP contribution >= 0.6 is 0 Å². The van der Waals surface area contributed by atoms with E-state index in [1.807, 2.05) is 48.5 Å². The lowest BCUT2D eigenvalue weighted by atomic mass is 9.97. The third-order valence-corrected chi connectivity index (χ3v) is 11.2. The smallest absolute Gasteiger partial charge is 0.160 e. The molecule has 0 aliphatic carbocycles. The van der Waals surface area contributed by atoms with Crippen LogP contribution in [-0.4, -0.2) is 14.5 Å². The van der Waals surface area contributed by atoms with Crippen molar-refractivity contribution in [2.45, 2.75) is 0 Å². The van der Waals surface area contributed by atoms with E-state index in [1.54, 1.807) is 0 Å². The van der Waals surface area contributed by atoms with Gasteiger partial charge in [-0.3, -0.25) is 0 Å². The van der Waals surface area contributed by atoms with Crippen LogP contribution in [0.1, 0.15) is 0 Å². The average molecular weight is 730 g/mol. The minimum atomic E-state index is 0.652. The van der Waals surface area contributed by atoms with Gasteiger partial charge in [-0.25, -0.2) is 9.97 Å². The Morgan fingerprint density at radius 1 is 0.368 bits per heavy atom. The number of furan rings is 2. The summed E-state index contributed by atoms with van der Waals surface area (Å²) in [5.74, 6) is 0.652. The molecule has 4 aromatic heterocycles. The molecular formula is C52H31N3O2. The van der Waals surface area contributed by atoms with Crippen LogP contribution in [0.4, 0.5) is 0 Å². The Morgan fingerprint density at radius 3 is 1.91 bits per heavy atom. The SMILES string of the molecule is c1ccc(-c2nc(-c3ccc4c(c3)oc3ccccc34)cc(-c3cccc4oc5ccc(-c6cccc7c8ccccc8n(-c8ccccc8)c67)cc5c34)n2)cc1. The van der Waals surface area contributed by atoms with Crippen molar-refractivity contribution in [1.29, 1.82) is 0 Å². The number of hydrogen-bond donors (Lipinski definition) is 0. The van der Waals surface area contributed by atoms with Crippen LogP contribution in [0, 0.1) is 0 Å². The highest BCUT2D eigenvalue weighted by Gasteiger charge is 2.20. The molecule has 12 rings (SSSR count). The normalized spacial score (nSPS) is 11.9. The summed E-state index contributed by atoms with van der Waals surface area (Å²) in [6.07, 6.45) is 0. The molecule has 0 radical (unpaired) electrons. The number of hydrogen-bond acceptors (Lipinski definition) is 4. The van der Waals surface area contributed by atoms with Gasteiger partial charge in [-0.1, -0.05) is 127 Å². The number of benzene rings is 8. The van der Waals surface area contributed by atoms with E-state index in [0.29, 0.717) is 5.82 Å². The van der Waals surface area contributed by atoms with Crippen molar-refractivity contribution in [2.24, 2.45) is 0 Å². The van der Waals surface area contributed by atoms with Gasteiger partial charge in [-0.15, -0.1) is 0 Å². The van der Waals surface area contributed by atoms with Crippen LogP contribution in [0.5, 0.6) is 0 Å². The zero-order chi connectivity index (χ0) is 37.5. The molecule has 5 heteroatoms. The minimum absolute atomic E-state index is 0.652. The van der Waals surface area contributed by atoms with Gasteiger partial charge < -0.3 is 13.4 Å². The third kappa shape index (κ3) is 4.96. The van der Waals surface area contributed by atoms with E-state index < -0.39 is 0 Å². The molecule has 0 aliphatic heterocycles. The highest BCUT2D eigenvalue weighted by molar-refractivity contribution is 6.16. The van der Waals surface area contributed by atoms with Crippen LogP contribution in [-0.2, 0) is 0 Å². The number of para-hydroxylation sites is 4. The highest BCUT2D eigenvalue weighted by atomic mass is 16.3. The van der Waals surface area contributed by atoms with Gasteiger partial charge in [-0.05, 0) is 66.2 Å². The molecule has 0 fully saturated rings. The van der Waals surface area contributed by atoms with Crippen LogP contribution in [0.15, 0.2) is 197 Å². The van der Waals surface area contributed by atoms with Gasteiger partial charge in [0.25, 0.3) is 0 Å². The van der Waals surface area contributed by atoms with E-state index in [1.165, 1.54) is 21.8 Å². The van der Waals surface area contributed by atoms with Crippen molar-refractivity contribution >= 4 is 65.7 Å². The van der Waals surface area contributed by atoms with Crippen LogP contribution in [0.2, 0.25) is 0 Å². The molecule has 0 spiro atoms. The molecule has 0 unspecified atom stereocenters. The molecule has 57 heavy (non-hydrogen) atoms. The van der Waals surface area contributed by atoms with Crippen molar-refractivity contribution in [3.05, 3.63) is 188 Å². The quantitative estimate of drug-likeness (QED) is 0.177. The van der Waals surface area contributed by atoms with Crippen molar-refractivity contribution in [3.63, 3.8) is 0 Å². The van der Waals surface area contributed by atoms with Crippen LogP contribution in [0.3, 0.4) is 0 Å². The lowest BCUT2D eigenvalue weighted by Gasteiger charge is -2.12. The first-order valence-electron chi connectivity index (χ1n) is 19.1. The van der Waals surface area contributed by atoms with Gasteiger partial charge in [0.1, 0.15) is 22.3 Å². The Kier molecular flexibility index (Phi) is 6.86. The predicted molar refractivity (Wildman–Crippen MR) is 233 cm³/mol. The zero-order valence-electron chi connectivity index (χ0n) is 30.6. The van der Waals surface area contributed by atoms with Crippen LogP contribution < -0.4 is 0 Å². The molecule has 5 nitrogen and oxygen atoms in total. The van der Waals surface area contributed by atoms with E-state index in [0.717, 1.165) is 88.8 Å². The summed E-state index contributed by atoms with van der Waals surface area (Å²) in [6, 6.07) is 65.5. The fraction of sp³-hybridized carbons (Fsp3) is 0. The molecule has 0 atom stereocenters. The molecule has 0 aliphatic rings. The van der Waals surface area contributed by atoms with Crippen molar-refractivity contribution in [3.8, 4) is 50.7 Å². The number of nitrogens with zero attached hydrogens (tertiary/aromatic N) is 3. The maximum atomic E-state index is 6.58. The van der Waals surface area contributed by atoms with Gasteiger partial charge in [0.2, 0.25) is 0 Å². The summed E-state index contributed by atoms with van der Waals surface area (Å²) in [4.78, 5) is 10.4. The Hall–Kier alpha value is -7.76. The maximum absolute atomic E-state index is 6.58. The third-order valence-electron chi connectivity index (χ3n) is 11.2.